The van der Waals surface area contributed by atoms with Gasteiger partial charge in [-0.15, -0.1) is 0 Å². The van der Waals surface area contributed by atoms with E-state index in [2.05, 4.69) is 11.6 Å². The SMILES string of the molecule is CNC(CSC)c1ccc(F)cc1C. The van der Waals surface area contributed by atoms with Gasteiger partial charge in [-0.2, -0.15) is 11.8 Å². The Bertz CT molecular complexity index is 301. The Hall–Kier alpha value is -0.540. The first-order chi connectivity index (χ1) is 6.69. The zero-order chi connectivity index (χ0) is 10.6. The molecule has 0 aliphatic heterocycles. The second-order valence-electron chi connectivity index (χ2n) is 3.30. The molecule has 0 saturated carbocycles. The molecule has 3 heteroatoms. The fourth-order valence-corrected chi connectivity index (χ4v) is 2.20. The van der Waals surface area contributed by atoms with E-state index in [0.29, 0.717) is 6.04 Å². The van der Waals surface area contributed by atoms with Crippen LogP contribution in [0.3, 0.4) is 0 Å². The van der Waals surface area contributed by atoms with Gasteiger partial charge in [-0.3, -0.25) is 0 Å². The fourth-order valence-electron chi connectivity index (χ4n) is 1.53. The molecule has 1 rings (SSSR count). The Morgan fingerprint density at radius 2 is 2.21 bits per heavy atom. The van der Waals surface area contributed by atoms with Crippen LogP contribution in [0.15, 0.2) is 18.2 Å². The van der Waals surface area contributed by atoms with Crippen LogP contribution in [-0.4, -0.2) is 19.1 Å². The molecular formula is C11H16FNS. The standard InChI is InChI=1S/C11H16FNS/c1-8-6-9(12)4-5-10(8)11(13-2)7-14-3/h4-6,11,13H,7H2,1-3H3. The summed E-state index contributed by atoms with van der Waals surface area (Å²) in [7, 11) is 1.93. The molecule has 0 heterocycles. The second-order valence-corrected chi connectivity index (χ2v) is 4.21. The molecule has 0 bridgehead atoms. The number of halogens is 1. The minimum absolute atomic E-state index is 0.162. The maximum atomic E-state index is 12.9. The number of rotatable bonds is 4. The lowest BCUT2D eigenvalue weighted by Gasteiger charge is -2.17. The first-order valence-electron chi connectivity index (χ1n) is 4.61. The van der Waals surface area contributed by atoms with E-state index in [1.807, 2.05) is 20.0 Å². The van der Waals surface area contributed by atoms with Gasteiger partial charge in [-0.05, 0) is 43.5 Å². The lowest BCUT2D eigenvalue weighted by molar-refractivity contribution is 0.617. The van der Waals surface area contributed by atoms with Crippen molar-refractivity contribution in [3.05, 3.63) is 35.1 Å². The van der Waals surface area contributed by atoms with Crippen LogP contribution < -0.4 is 5.32 Å². The highest BCUT2D eigenvalue weighted by Gasteiger charge is 2.10. The molecule has 1 nitrogen and oxygen atoms in total. The summed E-state index contributed by atoms with van der Waals surface area (Å²) in [6.07, 6.45) is 2.07. The van der Waals surface area contributed by atoms with Gasteiger partial charge in [0.2, 0.25) is 0 Å². The van der Waals surface area contributed by atoms with Gasteiger partial charge in [0.05, 0.1) is 0 Å². The van der Waals surface area contributed by atoms with Crippen LogP contribution in [0.1, 0.15) is 17.2 Å². The van der Waals surface area contributed by atoms with Gasteiger partial charge in [0.25, 0.3) is 0 Å². The molecule has 0 spiro atoms. The number of hydrogen-bond acceptors (Lipinski definition) is 2. The summed E-state index contributed by atoms with van der Waals surface area (Å²) in [6, 6.07) is 5.28. The summed E-state index contributed by atoms with van der Waals surface area (Å²) in [5.74, 6) is 0.841. The van der Waals surface area contributed by atoms with E-state index in [1.54, 1.807) is 17.8 Å². The first kappa shape index (κ1) is 11.5. The lowest BCUT2D eigenvalue weighted by atomic mass is 10.0. The molecule has 78 valence electrons. The topological polar surface area (TPSA) is 12.0 Å². The molecule has 0 aliphatic carbocycles. The van der Waals surface area contributed by atoms with Gasteiger partial charge in [0.1, 0.15) is 5.82 Å². The molecule has 0 saturated heterocycles. The smallest absolute Gasteiger partial charge is 0.123 e. The van der Waals surface area contributed by atoms with Crippen LogP contribution in [0, 0.1) is 12.7 Å². The normalized spacial score (nSPS) is 12.9. The van der Waals surface area contributed by atoms with Crippen molar-refractivity contribution in [1.29, 1.82) is 0 Å². The number of thioether (sulfide) groups is 1. The second kappa shape index (κ2) is 5.37. The van der Waals surface area contributed by atoms with Crippen molar-refractivity contribution in [2.24, 2.45) is 0 Å². The molecule has 14 heavy (non-hydrogen) atoms. The quantitative estimate of drug-likeness (QED) is 0.825. The van der Waals surface area contributed by atoms with Crippen LogP contribution >= 0.6 is 11.8 Å². The Labute approximate surface area is 89.1 Å². The average molecular weight is 213 g/mol. The molecule has 0 fully saturated rings. The minimum atomic E-state index is -0.162. The molecule has 0 aliphatic rings. The Morgan fingerprint density at radius 1 is 1.50 bits per heavy atom. The van der Waals surface area contributed by atoms with Crippen molar-refractivity contribution < 1.29 is 4.39 Å². The highest BCUT2D eigenvalue weighted by Crippen LogP contribution is 2.21. The van der Waals surface area contributed by atoms with E-state index in [1.165, 1.54) is 11.6 Å². The maximum absolute atomic E-state index is 12.9. The van der Waals surface area contributed by atoms with Gasteiger partial charge >= 0.3 is 0 Å². The summed E-state index contributed by atoms with van der Waals surface area (Å²) in [4.78, 5) is 0. The molecular weight excluding hydrogens is 197 g/mol. The highest BCUT2D eigenvalue weighted by atomic mass is 32.2. The van der Waals surface area contributed by atoms with Crippen LogP contribution in [0.4, 0.5) is 4.39 Å². The Kier molecular flexibility index (Phi) is 4.42. The van der Waals surface area contributed by atoms with Gasteiger partial charge in [0.15, 0.2) is 0 Å². The maximum Gasteiger partial charge on any atom is 0.123 e. The molecule has 1 aromatic carbocycles. The zero-order valence-corrected chi connectivity index (χ0v) is 9.62. The van der Waals surface area contributed by atoms with Crippen LogP contribution in [0.5, 0.6) is 0 Å². The Balaban J connectivity index is 2.92. The largest absolute Gasteiger partial charge is 0.312 e. The van der Waals surface area contributed by atoms with E-state index in [0.717, 1.165) is 11.3 Å². The van der Waals surface area contributed by atoms with Crippen LogP contribution in [-0.2, 0) is 0 Å². The monoisotopic (exact) mass is 213 g/mol. The van der Waals surface area contributed by atoms with Crippen molar-refractivity contribution >= 4 is 11.8 Å². The van der Waals surface area contributed by atoms with Crippen molar-refractivity contribution in [2.75, 3.05) is 19.1 Å². The predicted octanol–water partition coefficient (Wildman–Crippen LogP) is 2.76. The molecule has 0 radical (unpaired) electrons. The number of nitrogens with one attached hydrogen (secondary N) is 1. The summed E-state index contributed by atoms with van der Waals surface area (Å²) < 4.78 is 12.9. The van der Waals surface area contributed by atoms with Gasteiger partial charge in [-0.25, -0.2) is 4.39 Å². The van der Waals surface area contributed by atoms with E-state index in [4.69, 9.17) is 0 Å². The molecule has 0 aromatic heterocycles. The van der Waals surface area contributed by atoms with Crippen molar-refractivity contribution in [3.63, 3.8) is 0 Å². The molecule has 0 amide bonds. The van der Waals surface area contributed by atoms with Crippen LogP contribution in [0.25, 0.3) is 0 Å². The van der Waals surface area contributed by atoms with E-state index in [9.17, 15) is 4.39 Å². The number of aryl methyl sites for hydroxylation is 1. The molecule has 1 atom stereocenters. The number of hydrogen-bond donors (Lipinski definition) is 1. The molecule has 1 unspecified atom stereocenters. The fraction of sp³-hybridized carbons (Fsp3) is 0.455. The summed E-state index contributed by atoms with van der Waals surface area (Å²) >= 11 is 1.79. The minimum Gasteiger partial charge on any atom is -0.312 e. The van der Waals surface area contributed by atoms with Gasteiger partial charge < -0.3 is 5.32 Å². The Morgan fingerprint density at radius 3 is 2.71 bits per heavy atom. The third-order valence-corrected chi connectivity index (χ3v) is 2.96. The average Bonchev–Trinajstić information content (AvgIpc) is 2.15. The van der Waals surface area contributed by atoms with E-state index in [-0.39, 0.29) is 5.82 Å². The summed E-state index contributed by atoms with van der Waals surface area (Å²) in [6.45, 7) is 1.95. The van der Waals surface area contributed by atoms with Gasteiger partial charge in [0, 0.05) is 11.8 Å². The van der Waals surface area contributed by atoms with E-state index >= 15 is 0 Å². The summed E-state index contributed by atoms with van der Waals surface area (Å²) in [5, 5.41) is 3.24. The first-order valence-corrected chi connectivity index (χ1v) is 6.00. The predicted molar refractivity (Wildman–Crippen MR) is 61.3 cm³/mol. The van der Waals surface area contributed by atoms with Crippen LogP contribution in [0.2, 0.25) is 0 Å². The van der Waals surface area contributed by atoms with Crippen molar-refractivity contribution in [3.8, 4) is 0 Å². The third kappa shape index (κ3) is 2.72. The molecule has 1 N–H and O–H groups in total. The third-order valence-electron chi connectivity index (χ3n) is 2.29. The summed E-state index contributed by atoms with van der Waals surface area (Å²) in [5.41, 5.74) is 2.20. The number of benzene rings is 1. The molecule has 1 aromatic rings. The van der Waals surface area contributed by atoms with E-state index < -0.39 is 0 Å². The lowest BCUT2D eigenvalue weighted by Crippen LogP contribution is -2.19. The van der Waals surface area contributed by atoms with Gasteiger partial charge in [-0.1, -0.05) is 6.07 Å². The van der Waals surface area contributed by atoms with Crippen molar-refractivity contribution in [1.82, 2.24) is 5.32 Å². The zero-order valence-electron chi connectivity index (χ0n) is 8.80. The van der Waals surface area contributed by atoms with Crippen molar-refractivity contribution in [2.45, 2.75) is 13.0 Å². The highest BCUT2D eigenvalue weighted by molar-refractivity contribution is 7.98.